The zero-order valence-electron chi connectivity index (χ0n) is 11.3. The van der Waals surface area contributed by atoms with E-state index in [4.69, 9.17) is 39.5 Å². The minimum Gasteiger partial charge on any atom is -0.463 e. The summed E-state index contributed by atoms with van der Waals surface area (Å²) in [6.45, 7) is 2.03. The van der Waals surface area contributed by atoms with Gasteiger partial charge in [0.15, 0.2) is 0 Å². The maximum atomic E-state index is 11.9. The van der Waals surface area contributed by atoms with Gasteiger partial charge in [-0.25, -0.2) is 4.79 Å². The highest BCUT2D eigenvalue weighted by atomic mass is 35.6. The van der Waals surface area contributed by atoms with Gasteiger partial charge in [-0.1, -0.05) is 60.1 Å². The van der Waals surface area contributed by atoms with E-state index in [1.165, 1.54) is 6.08 Å². The summed E-state index contributed by atoms with van der Waals surface area (Å²) in [6, 6.07) is 0. The summed E-state index contributed by atoms with van der Waals surface area (Å²) in [4.78, 5) is 23.3. The van der Waals surface area contributed by atoms with Crippen molar-refractivity contribution in [2.75, 3.05) is 6.61 Å². The Kier molecular flexibility index (Phi) is 6.62. The normalized spacial score (nSPS) is 18.8. The number of rotatable bonds is 4. The average Bonchev–Trinajstić information content (AvgIpc) is 2.37. The van der Waals surface area contributed by atoms with Gasteiger partial charge < -0.3 is 10.1 Å². The van der Waals surface area contributed by atoms with Gasteiger partial charge in [-0.3, -0.25) is 4.79 Å². The third-order valence-electron chi connectivity index (χ3n) is 3.19. The Hall–Kier alpha value is -0.450. The Morgan fingerprint density at radius 2 is 1.85 bits per heavy atom. The molecule has 1 aliphatic rings. The summed E-state index contributed by atoms with van der Waals surface area (Å²) in [5.41, 5.74) is -0.647. The van der Waals surface area contributed by atoms with Crippen molar-refractivity contribution in [2.24, 2.45) is 0 Å². The first-order valence-electron chi connectivity index (χ1n) is 6.54. The number of carbonyl (C=O) groups excluding carboxylic acids is 2. The average molecular weight is 343 g/mol. The summed E-state index contributed by atoms with van der Waals surface area (Å²) >= 11 is 16.7. The number of esters is 1. The van der Waals surface area contributed by atoms with E-state index in [1.807, 2.05) is 0 Å². The predicted molar refractivity (Wildman–Crippen MR) is 80.0 cm³/mol. The quantitative estimate of drug-likeness (QED) is 0.484. The minimum atomic E-state index is -2.01. The number of alkyl halides is 3. The van der Waals surface area contributed by atoms with Crippen molar-refractivity contribution in [3.63, 3.8) is 0 Å². The van der Waals surface area contributed by atoms with E-state index < -0.39 is 21.2 Å². The molecule has 1 fully saturated rings. The van der Waals surface area contributed by atoms with Gasteiger partial charge in [-0.2, -0.15) is 0 Å². The maximum Gasteiger partial charge on any atom is 0.330 e. The molecule has 0 saturated heterocycles. The van der Waals surface area contributed by atoms with E-state index in [2.05, 4.69) is 5.32 Å². The van der Waals surface area contributed by atoms with Crippen molar-refractivity contribution < 1.29 is 14.3 Å². The topological polar surface area (TPSA) is 55.4 Å². The van der Waals surface area contributed by atoms with Crippen LogP contribution in [0.2, 0.25) is 0 Å². The first-order chi connectivity index (χ1) is 9.29. The van der Waals surface area contributed by atoms with Crippen LogP contribution in [0.1, 0.15) is 39.0 Å². The third kappa shape index (κ3) is 5.51. The first kappa shape index (κ1) is 17.6. The number of hydrogen-bond acceptors (Lipinski definition) is 3. The van der Waals surface area contributed by atoms with Crippen LogP contribution in [0.25, 0.3) is 0 Å². The van der Waals surface area contributed by atoms with Gasteiger partial charge >= 0.3 is 5.97 Å². The van der Waals surface area contributed by atoms with Gasteiger partial charge in [0.05, 0.1) is 12.1 Å². The highest BCUT2D eigenvalue weighted by Crippen LogP contribution is 2.33. The molecule has 0 bridgehead atoms. The van der Waals surface area contributed by atoms with Crippen molar-refractivity contribution in [2.45, 2.75) is 48.4 Å². The van der Waals surface area contributed by atoms with Crippen molar-refractivity contribution in [1.82, 2.24) is 5.32 Å². The molecule has 4 nitrogen and oxygen atoms in total. The van der Waals surface area contributed by atoms with Crippen LogP contribution in [0.15, 0.2) is 12.2 Å². The lowest BCUT2D eigenvalue weighted by Gasteiger charge is -2.36. The van der Waals surface area contributed by atoms with Gasteiger partial charge in [0.2, 0.25) is 0 Å². The SMILES string of the molecule is CCOC(=O)/C=C/C1(NC(=O)C(Cl)(Cl)Cl)CCCCC1. The summed E-state index contributed by atoms with van der Waals surface area (Å²) in [6.07, 6.45) is 7.34. The Morgan fingerprint density at radius 3 is 2.35 bits per heavy atom. The van der Waals surface area contributed by atoms with Crippen LogP contribution in [0, 0.1) is 0 Å². The molecule has 0 aliphatic heterocycles. The molecular formula is C13H18Cl3NO3. The molecule has 7 heteroatoms. The van der Waals surface area contributed by atoms with Crippen LogP contribution >= 0.6 is 34.8 Å². The van der Waals surface area contributed by atoms with Crippen LogP contribution in [-0.4, -0.2) is 27.8 Å². The van der Waals surface area contributed by atoms with Crippen molar-refractivity contribution in [1.29, 1.82) is 0 Å². The molecule has 0 spiro atoms. The third-order valence-corrected chi connectivity index (χ3v) is 3.71. The molecule has 0 aromatic heterocycles. The second-order valence-corrected chi connectivity index (χ2v) is 7.04. The summed E-state index contributed by atoms with van der Waals surface area (Å²) in [7, 11) is 0. The fourth-order valence-electron chi connectivity index (χ4n) is 2.23. The highest BCUT2D eigenvalue weighted by Gasteiger charge is 2.38. The molecule has 0 heterocycles. The lowest BCUT2D eigenvalue weighted by atomic mass is 9.81. The zero-order valence-corrected chi connectivity index (χ0v) is 13.5. The number of ether oxygens (including phenoxy) is 1. The van der Waals surface area contributed by atoms with Gasteiger partial charge in [0.1, 0.15) is 0 Å². The monoisotopic (exact) mass is 341 g/mol. The van der Waals surface area contributed by atoms with Crippen LogP contribution in [0.3, 0.4) is 0 Å². The summed E-state index contributed by atoms with van der Waals surface area (Å²) in [5.74, 6) is -1.13. The largest absolute Gasteiger partial charge is 0.463 e. The van der Waals surface area contributed by atoms with E-state index in [9.17, 15) is 9.59 Å². The summed E-state index contributed by atoms with van der Waals surface area (Å²) < 4.78 is 2.82. The molecule has 0 radical (unpaired) electrons. The number of carbonyl (C=O) groups is 2. The lowest BCUT2D eigenvalue weighted by Crippen LogP contribution is -2.52. The highest BCUT2D eigenvalue weighted by molar-refractivity contribution is 6.76. The first-order valence-corrected chi connectivity index (χ1v) is 7.68. The van der Waals surface area contributed by atoms with Gasteiger partial charge in [0.25, 0.3) is 9.70 Å². The molecule has 0 aromatic rings. The molecule has 0 aromatic carbocycles. The molecule has 1 N–H and O–H groups in total. The smallest absolute Gasteiger partial charge is 0.330 e. The number of halogens is 3. The Bertz CT molecular complexity index is 385. The van der Waals surface area contributed by atoms with Crippen LogP contribution in [-0.2, 0) is 14.3 Å². The number of amides is 1. The van der Waals surface area contributed by atoms with Crippen LogP contribution in [0.4, 0.5) is 0 Å². The second kappa shape index (κ2) is 7.53. The van der Waals surface area contributed by atoms with E-state index in [0.717, 1.165) is 19.3 Å². The number of nitrogens with one attached hydrogen (secondary N) is 1. The fourth-order valence-corrected chi connectivity index (χ4v) is 2.37. The zero-order chi connectivity index (χ0) is 15.2. The van der Waals surface area contributed by atoms with Gasteiger partial charge in [-0.05, 0) is 19.8 Å². The molecule has 1 amide bonds. The maximum absolute atomic E-state index is 11.9. The molecule has 0 atom stereocenters. The Balaban J connectivity index is 2.81. The molecule has 1 rings (SSSR count). The Morgan fingerprint density at radius 1 is 1.25 bits per heavy atom. The van der Waals surface area contributed by atoms with Crippen LogP contribution in [0.5, 0.6) is 0 Å². The van der Waals surface area contributed by atoms with Gasteiger partial charge in [0, 0.05) is 6.08 Å². The molecule has 0 unspecified atom stereocenters. The standard InChI is InChI=1S/C13H18Cl3NO3/c1-2-20-10(18)6-9-12(7-4-3-5-8-12)17-11(19)13(14,15)16/h6,9H,2-5,7-8H2,1H3,(H,17,19)/b9-6+. The second-order valence-electron chi connectivity index (χ2n) is 4.75. The van der Waals surface area contributed by atoms with Crippen molar-refractivity contribution in [3.05, 3.63) is 12.2 Å². The molecular weight excluding hydrogens is 325 g/mol. The van der Waals surface area contributed by atoms with E-state index in [0.29, 0.717) is 19.4 Å². The molecule has 114 valence electrons. The predicted octanol–water partition coefficient (Wildman–Crippen LogP) is 3.30. The van der Waals surface area contributed by atoms with E-state index in [1.54, 1.807) is 13.0 Å². The Labute approximate surface area is 133 Å². The fraction of sp³-hybridized carbons (Fsp3) is 0.692. The molecule has 20 heavy (non-hydrogen) atoms. The van der Waals surface area contributed by atoms with Gasteiger partial charge in [-0.15, -0.1) is 0 Å². The lowest BCUT2D eigenvalue weighted by molar-refractivity contribution is -0.137. The van der Waals surface area contributed by atoms with Crippen molar-refractivity contribution in [3.8, 4) is 0 Å². The van der Waals surface area contributed by atoms with Crippen molar-refractivity contribution >= 4 is 46.7 Å². The van der Waals surface area contributed by atoms with E-state index in [-0.39, 0.29) is 0 Å². The molecule has 1 saturated carbocycles. The minimum absolute atomic E-state index is 0.302. The van der Waals surface area contributed by atoms with E-state index >= 15 is 0 Å². The summed E-state index contributed by atoms with van der Waals surface area (Å²) in [5, 5.41) is 2.74. The van der Waals surface area contributed by atoms with Crippen LogP contribution < -0.4 is 5.32 Å². The number of hydrogen-bond donors (Lipinski definition) is 1. The molecule has 1 aliphatic carbocycles.